The van der Waals surface area contributed by atoms with Crippen LogP contribution in [0, 0.1) is 6.92 Å². The lowest BCUT2D eigenvalue weighted by Crippen LogP contribution is -2.24. The van der Waals surface area contributed by atoms with Gasteiger partial charge in [-0.15, -0.1) is 0 Å². The lowest BCUT2D eigenvalue weighted by molar-refractivity contribution is 0.343. The molecule has 10 heteroatoms. The third-order valence-corrected chi connectivity index (χ3v) is 5.08. The molecule has 24 heavy (non-hydrogen) atoms. The number of furan rings is 1. The predicted octanol–water partition coefficient (Wildman–Crippen LogP) is 0.747. The Morgan fingerprint density at radius 2 is 2.00 bits per heavy atom. The molecule has 1 aromatic rings. The van der Waals surface area contributed by atoms with Crippen LogP contribution in [0.5, 0.6) is 0 Å². The zero-order chi connectivity index (χ0) is 17.7. The van der Waals surface area contributed by atoms with Gasteiger partial charge in [-0.1, -0.05) is 0 Å². The van der Waals surface area contributed by atoms with Gasteiger partial charge in [-0.3, -0.25) is 9.98 Å². The number of hydrogen-bond acceptors (Lipinski definition) is 7. The molecule has 0 saturated carbocycles. The van der Waals surface area contributed by atoms with Crippen LogP contribution in [0.2, 0.25) is 0 Å². The molecule has 1 fully saturated rings. The molecule has 1 aliphatic rings. The topological polar surface area (TPSA) is 99.3 Å². The number of amidine groups is 2. The van der Waals surface area contributed by atoms with Crippen LogP contribution in [-0.2, 0) is 22.5 Å². The van der Waals surface area contributed by atoms with Crippen molar-refractivity contribution in [2.45, 2.75) is 19.2 Å². The summed E-state index contributed by atoms with van der Waals surface area (Å²) in [4.78, 5) is 10.2. The van der Waals surface area contributed by atoms with E-state index in [0.717, 1.165) is 35.1 Å². The van der Waals surface area contributed by atoms with E-state index in [9.17, 15) is 8.42 Å². The average molecular weight is 374 g/mol. The van der Waals surface area contributed by atoms with Crippen LogP contribution in [0.15, 0.2) is 20.5 Å². The Bertz CT molecular complexity index is 738. The molecule has 8 nitrogen and oxygen atoms in total. The summed E-state index contributed by atoms with van der Waals surface area (Å²) in [7, 11) is 1.99. The first-order valence-electron chi connectivity index (χ1n) is 7.43. The molecule has 2 heterocycles. The van der Waals surface area contributed by atoms with Gasteiger partial charge in [0.25, 0.3) is 0 Å². The van der Waals surface area contributed by atoms with Crippen LogP contribution in [0.25, 0.3) is 0 Å². The van der Waals surface area contributed by atoms with Crippen LogP contribution in [0.4, 0.5) is 0 Å². The molecule has 134 valence electrons. The lowest BCUT2D eigenvalue weighted by Gasteiger charge is -2.07. The second-order valence-corrected chi connectivity index (χ2v) is 8.14. The minimum Gasteiger partial charge on any atom is -0.464 e. The maximum atomic E-state index is 11.4. The average Bonchev–Trinajstić information content (AvgIpc) is 2.97. The summed E-state index contributed by atoms with van der Waals surface area (Å²) in [6, 6.07) is 2.06. The number of hydrogen-bond donors (Lipinski definition) is 2. The van der Waals surface area contributed by atoms with Gasteiger partial charge in [0.05, 0.1) is 18.8 Å². The summed E-state index contributed by atoms with van der Waals surface area (Å²) < 4.78 is 33.2. The second kappa shape index (κ2) is 8.04. The van der Waals surface area contributed by atoms with E-state index in [4.69, 9.17) is 4.42 Å². The quantitative estimate of drug-likeness (QED) is 0.687. The van der Waals surface area contributed by atoms with Gasteiger partial charge in [0, 0.05) is 12.8 Å². The zero-order valence-corrected chi connectivity index (χ0v) is 15.9. The minimum atomic E-state index is -3.54. The molecule has 0 unspecified atom stereocenters. The van der Waals surface area contributed by atoms with Gasteiger partial charge in [0.15, 0.2) is 11.7 Å². The molecule has 0 spiro atoms. The first-order chi connectivity index (χ1) is 11.3. The number of aryl methyl sites for hydroxylation is 1. The van der Waals surface area contributed by atoms with Crippen LogP contribution in [-0.4, -0.2) is 58.4 Å². The Hall–Kier alpha value is -1.52. The molecule has 2 rings (SSSR count). The van der Waals surface area contributed by atoms with Gasteiger partial charge in [-0.2, -0.15) is 20.2 Å². The van der Waals surface area contributed by atoms with E-state index in [0.29, 0.717) is 6.54 Å². The fourth-order valence-electron chi connectivity index (χ4n) is 2.14. The van der Waals surface area contributed by atoms with E-state index in [1.807, 2.05) is 21.0 Å². The number of nitrogens with zero attached hydrogens (tertiary/aromatic N) is 3. The first kappa shape index (κ1) is 18.8. The molecule has 0 bridgehead atoms. The summed E-state index contributed by atoms with van der Waals surface area (Å²) in [5.74, 6) is 3.96. The molecule has 0 amide bonds. The van der Waals surface area contributed by atoms with E-state index in [2.05, 4.69) is 30.4 Å². The second-order valence-electron chi connectivity index (χ2n) is 5.62. The van der Waals surface area contributed by atoms with E-state index in [1.165, 1.54) is 7.05 Å². The molecular weight excluding hydrogens is 350 g/mol. The van der Waals surface area contributed by atoms with Crippen molar-refractivity contribution >= 4 is 33.6 Å². The van der Waals surface area contributed by atoms with E-state index >= 15 is 0 Å². The first-order valence-corrected chi connectivity index (χ1v) is 10.1. The fourth-order valence-corrected chi connectivity index (χ4v) is 3.75. The summed E-state index contributed by atoms with van der Waals surface area (Å²) in [5.41, 5.74) is 1.16. The molecule has 0 aliphatic carbocycles. The maximum Gasteiger partial charge on any atom is 0.324 e. The van der Waals surface area contributed by atoms with Crippen molar-refractivity contribution in [3.63, 3.8) is 0 Å². The Balaban J connectivity index is 1.80. The Morgan fingerprint density at radius 3 is 2.67 bits per heavy atom. The minimum absolute atomic E-state index is 0.245. The highest BCUT2D eigenvalue weighted by molar-refractivity contribution is 7.98. The van der Waals surface area contributed by atoms with Gasteiger partial charge >= 0.3 is 10.2 Å². The molecule has 1 aromatic heterocycles. The zero-order valence-electron chi connectivity index (χ0n) is 14.3. The molecule has 0 aromatic carbocycles. The maximum absolute atomic E-state index is 11.4. The highest BCUT2D eigenvalue weighted by Gasteiger charge is 2.27. The van der Waals surface area contributed by atoms with Crippen LogP contribution >= 0.6 is 11.8 Å². The molecule has 0 atom stereocenters. The Morgan fingerprint density at radius 1 is 1.29 bits per heavy atom. The Labute approximate surface area is 147 Å². The standard InChI is InChI=1S/C14H23N5O3S2/c1-10-7-11(22-12(10)8-19(3)4)9-23-6-5-16-14-13(15-2)17-24(20,21)18-14/h7H,5-6,8-9H2,1-4H3,(H,15,17)(H,16,18). The summed E-state index contributed by atoms with van der Waals surface area (Å²) in [5, 5.41) is 0. The van der Waals surface area contributed by atoms with Crippen molar-refractivity contribution in [3.05, 3.63) is 23.2 Å². The van der Waals surface area contributed by atoms with Crippen molar-refractivity contribution in [1.29, 1.82) is 0 Å². The molecular formula is C14H23N5O3S2. The Kier molecular flexibility index (Phi) is 6.30. The lowest BCUT2D eigenvalue weighted by atomic mass is 10.2. The fraction of sp³-hybridized carbons (Fsp3) is 0.571. The van der Waals surface area contributed by atoms with Crippen molar-refractivity contribution in [3.8, 4) is 0 Å². The molecule has 1 aliphatic heterocycles. The van der Waals surface area contributed by atoms with Crippen molar-refractivity contribution in [2.75, 3.05) is 33.4 Å². The summed E-state index contributed by atoms with van der Waals surface area (Å²) in [6.45, 7) is 3.33. The van der Waals surface area contributed by atoms with Gasteiger partial charge in [0.2, 0.25) is 0 Å². The van der Waals surface area contributed by atoms with Crippen LogP contribution < -0.4 is 9.44 Å². The normalized spacial score (nSPS) is 19.9. The number of rotatable bonds is 7. The largest absolute Gasteiger partial charge is 0.464 e. The number of aliphatic imine (C=N–C) groups is 2. The molecule has 0 radical (unpaired) electrons. The van der Waals surface area contributed by atoms with E-state index < -0.39 is 10.2 Å². The van der Waals surface area contributed by atoms with Crippen molar-refractivity contribution in [1.82, 2.24) is 14.3 Å². The van der Waals surface area contributed by atoms with Gasteiger partial charge in [0.1, 0.15) is 11.5 Å². The summed E-state index contributed by atoms with van der Waals surface area (Å²) >= 11 is 1.69. The summed E-state index contributed by atoms with van der Waals surface area (Å²) in [6.07, 6.45) is 0. The highest BCUT2D eigenvalue weighted by atomic mass is 32.2. The van der Waals surface area contributed by atoms with Crippen LogP contribution in [0.3, 0.4) is 0 Å². The third-order valence-electron chi connectivity index (χ3n) is 3.19. The van der Waals surface area contributed by atoms with Gasteiger partial charge in [-0.05, 0) is 32.6 Å². The van der Waals surface area contributed by atoms with Gasteiger partial charge < -0.3 is 9.32 Å². The monoisotopic (exact) mass is 373 g/mol. The molecule has 1 saturated heterocycles. The van der Waals surface area contributed by atoms with Crippen molar-refractivity contribution < 1.29 is 12.8 Å². The number of nitrogens with one attached hydrogen (secondary N) is 2. The van der Waals surface area contributed by atoms with E-state index in [-0.39, 0.29) is 11.7 Å². The highest BCUT2D eigenvalue weighted by Crippen LogP contribution is 2.20. The van der Waals surface area contributed by atoms with Crippen molar-refractivity contribution in [2.24, 2.45) is 9.98 Å². The SMILES string of the molecule is CN=C1NS(=O)(=O)NC1=NCCSCc1cc(C)c(CN(C)C)o1. The number of thioether (sulfide) groups is 1. The molecule has 2 N–H and O–H groups in total. The van der Waals surface area contributed by atoms with Gasteiger partial charge in [-0.25, -0.2) is 9.44 Å². The predicted molar refractivity (Wildman–Crippen MR) is 97.9 cm³/mol. The van der Waals surface area contributed by atoms with Crippen LogP contribution in [0.1, 0.15) is 17.1 Å². The smallest absolute Gasteiger partial charge is 0.324 e. The van der Waals surface area contributed by atoms with E-state index in [1.54, 1.807) is 11.8 Å². The third kappa shape index (κ3) is 5.25.